The second-order valence-electron chi connectivity index (χ2n) is 25.4. The van der Waals surface area contributed by atoms with Crippen LogP contribution in [0.4, 0.5) is 0 Å². The molecule has 0 aromatic rings. The molecular formula is C64H115N. The van der Waals surface area contributed by atoms with Gasteiger partial charge in [0.05, 0.1) is 0 Å². The molecule has 376 valence electrons. The Balaban J connectivity index is 0.905. The van der Waals surface area contributed by atoms with Gasteiger partial charge in [0.25, 0.3) is 0 Å². The summed E-state index contributed by atoms with van der Waals surface area (Å²) >= 11 is 0. The van der Waals surface area contributed by atoms with E-state index in [2.05, 4.69) is 83.7 Å². The van der Waals surface area contributed by atoms with E-state index >= 15 is 0 Å². The van der Waals surface area contributed by atoms with Gasteiger partial charge in [-0.2, -0.15) is 0 Å². The smallest absolute Gasteiger partial charge is 0.000965 e. The van der Waals surface area contributed by atoms with Gasteiger partial charge < -0.3 is 4.90 Å². The lowest BCUT2D eigenvalue weighted by molar-refractivity contribution is -0.0868. The number of piperidine rings is 1. The van der Waals surface area contributed by atoms with Crippen LogP contribution in [0.1, 0.15) is 292 Å². The van der Waals surface area contributed by atoms with Crippen LogP contribution in [0.15, 0.2) is 36.0 Å². The van der Waals surface area contributed by atoms with Crippen molar-refractivity contribution in [1.82, 2.24) is 4.90 Å². The van der Waals surface area contributed by atoms with Crippen LogP contribution in [0.5, 0.6) is 0 Å². The molecule has 3 saturated carbocycles. The lowest BCUT2D eigenvalue weighted by atomic mass is 9.44. The predicted octanol–water partition coefficient (Wildman–Crippen LogP) is 20.6. The highest BCUT2D eigenvalue weighted by atomic mass is 15.1. The number of likely N-dealkylation sites (tertiary alicyclic amines) is 1. The molecule has 1 nitrogen and oxygen atoms in total. The maximum Gasteiger partial charge on any atom is 0.000965 e. The minimum Gasteiger partial charge on any atom is -0.303 e. The Hall–Kier alpha value is -0.820. The van der Waals surface area contributed by atoms with Crippen molar-refractivity contribution in [3.63, 3.8) is 0 Å². The second kappa shape index (κ2) is 30.0. The molecule has 5 aliphatic rings. The molecular weight excluding hydrogens is 783 g/mol. The Kier molecular flexibility index (Phi) is 25.5. The van der Waals surface area contributed by atoms with Crippen LogP contribution in [0.25, 0.3) is 0 Å². The molecule has 0 aromatic carbocycles. The van der Waals surface area contributed by atoms with Gasteiger partial charge in [-0.3, -0.25) is 0 Å². The molecule has 1 aliphatic heterocycles. The van der Waals surface area contributed by atoms with Crippen LogP contribution < -0.4 is 0 Å². The number of allylic oxidation sites excluding steroid dienone is 6. The SMILES string of the molecule is CCCCC/C=C\C/C=C\CCCCCCCCCCCCC(CCCCCCCC1CC[C@@]2(C)C(=CCC3C2CC[C@@]2(C)C3CC[C@]2(C)[C@H](C)CCCC(C)C)C1)CN1CCCCC1. The van der Waals surface area contributed by atoms with Gasteiger partial charge in [0.1, 0.15) is 0 Å². The van der Waals surface area contributed by atoms with E-state index in [0.717, 1.165) is 47.8 Å². The molecule has 65 heavy (non-hydrogen) atoms. The average molecular weight is 899 g/mol. The molecule has 4 aliphatic carbocycles. The van der Waals surface area contributed by atoms with E-state index in [-0.39, 0.29) is 0 Å². The molecule has 5 rings (SSSR count). The number of fused-ring (bicyclic) bond motifs is 5. The molecule has 5 unspecified atom stereocenters. The number of unbranched alkanes of at least 4 members (excludes halogenated alkanes) is 17. The van der Waals surface area contributed by atoms with Gasteiger partial charge in [-0.25, -0.2) is 0 Å². The highest BCUT2D eigenvalue weighted by Crippen LogP contribution is 2.71. The van der Waals surface area contributed by atoms with E-state index in [4.69, 9.17) is 0 Å². The summed E-state index contributed by atoms with van der Waals surface area (Å²) in [5, 5.41) is 0. The Morgan fingerprint density at radius 3 is 1.85 bits per heavy atom. The molecule has 0 radical (unpaired) electrons. The summed E-state index contributed by atoms with van der Waals surface area (Å²) in [6.45, 7) is 22.2. The molecule has 0 amide bonds. The molecule has 1 saturated heterocycles. The molecule has 1 heterocycles. The van der Waals surface area contributed by atoms with Crippen LogP contribution in [0, 0.1) is 57.7 Å². The Labute approximate surface area is 408 Å². The minimum absolute atomic E-state index is 0.510. The van der Waals surface area contributed by atoms with E-state index in [0.29, 0.717) is 16.2 Å². The fraction of sp³-hybridized carbons (Fsp3) is 0.906. The van der Waals surface area contributed by atoms with Gasteiger partial charge in [0.15, 0.2) is 0 Å². The van der Waals surface area contributed by atoms with Gasteiger partial charge in [0.2, 0.25) is 0 Å². The number of nitrogens with zero attached hydrogens (tertiary/aromatic N) is 1. The molecule has 0 N–H and O–H groups in total. The summed E-state index contributed by atoms with van der Waals surface area (Å²) in [5.41, 5.74) is 3.54. The Morgan fingerprint density at radius 1 is 0.600 bits per heavy atom. The maximum atomic E-state index is 2.86. The van der Waals surface area contributed by atoms with E-state index in [1.807, 2.05) is 5.57 Å². The van der Waals surface area contributed by atoms with E-state index in [1.54, 1.807) is 0 Å². The summed E-state index contributed by atoms with van der Waals surface area (Å²) in [6.07, 6.45) is 67.1. The van der Waals surface area contributed by atoms with Crippen LogP contribution >= 0.6 is 0 Å². The fourth-order valence-electron chi connectivity index (χ4n) is 15.6. The van der Waals surface area contributed by atoms with Crippen LogP contribution in [0.3, 0.4) is 0 Å². The Morgan fingerprint density at radius 2 is 1.20 bits per heavy atom. The highest BCUT2D eigenvalue weighted by Gasteiger charge is 2.63. The maximum absolute atomic E-state index is 2.86. The molecule has 0 spiro atoms. The first-order valence-corrected chi connectivity index (χ1v) is 30.3. The molecule has 0 bridgehead atoms. The van der Waals surface area contributed by atoms with E-state index < -0.39 is 0 Å². The number of hydrogen-bond donors (Lipinski definition) is 0. The van der Waals surface area contributed by atoms with Crippen molar-refractivity contribution in [3.05, 3.63) is 36.0 Å². The van der Waals surface area contributed by atoms with E-state index in [1.165, 1.54) is 257 Å². The van der Waals surface area contributed by atoms with Gasteiger partial charge in [-0.1, -0.05) is 219 Å². The highest BCUT2D eigenvalue weighted by molar-refractivity contribution is 5.26. The normalized spacial score (nSPS) is 30.5. The largest absolute Gasteiger partial charge is 0.303 e. The summed E-state index contributed by atoms with van der Waals surface area (Å²) in [4.78, 5) is 2.85. The van der Waals surface area contributed by atoms with Crippen molar-refractivity contribution in [2.75, 3.05) is 19.6 Å². The topological polar surface area (TPSA) is 3.24 Å². The first-order valence-electron chi connectivity index (χ1n) is 30.3. The zero-order chi connectivity index (χ0) is 46.2. The van der Waals surface area contributed by atoms with Crippen LogP contribution in [-0.4, -0.2) is 24.5 Å². The third-order valence-corrected chi connectivity index (χ3v) is 20.4. The molecule has 0 aromatic heterocycles. The number of rotatable bonds is 34. The summed E-state index contributed by atoms with van der Waals surface area (Å²) in [7, 11) is 0. The zero-order valence-corrected chi connectivity index (χ0v) is 45.4. The predicted molar refractivity (Wildman–Crippen MR) is 290 cm³/mol. The van der Waals surface area contributed by atoms with Crippen LogP contribution in [0.2, 0.25) is 0 Å². The zero-order valence-electron chi connectivity index (χ0n) is 45.4. The molecule has 4 fully saturated rings. The molecule has 1 heteroatoms. The van der Waals surface area contributed by atoms with Gasteiger partial charge in [0, 0.05) is 6.54 Å². The second-order valence-corrected chi connectivity index (χ2v) is 25.4. The van der Waals surface area contributed by atoms with Crippen molar-refractivity contribution >= 4 is 0 Å². The third-order valence-electron chi connectivity index (χ3n) is 20.4. The first-order chi connectivity index (χ1) is 31.6. The van der Waals surface area contributed by atoms with Crippen molar-refractivity contribution in [2.24, 2.45) is 57.7 Å². The third kappa shape index (κ3) is 17.2. The van der Waals surface area contributed by atoms with Gasteiger partial charge >= 0.3 is 0 Å². The lowest BCUT2D eigenvalue weighted by Crippen LogP contribution is -2.52. The van der Waals surface area contributed by atoms with Crippen molar-refractivity contribution in [1.29, 1.82) is 0 Å². The summed E-state index contributed by atoms with van der Waals surface area (Å²) in [5.74, 6) is 6.53. The van der Waals surface area contributed by atoms with Gasteiger partial charge in [-0.05, 0) is 180 Å². The summed E-state index contributed by atoms with van der Waals surface area (Å²) in [6, 6.07) is 0. The average Bonchev–Trinajstić information content (AvgIpc) is 3.58. The number of hydrogen-bond acceptors (Lipinski definition) is 1. The van der Waals surface area contributed by atoms with Crippen molar-refractivity contribution < 1.29 is 0 Å². The van der Waals surface area contributed by atoms with Crippen LogP contribution in [-0.2, 0) is 0 Å². The van der Waals surface area contributed by atoms with Gasteiger partial charge in [-0.15, -0.1) is 0 Å². The van der Waals surface area contributed by atoms with E-state index in [9.17, 15) is 0 Å². The fourth-order valence-corrected chi connectivity index (χ4v) is 15.6. The molecule has 9 atom stereocenters. The van der Waals surface area contributed by atoms with Crippen molar-refractivity contribution in [2.45, 2.75) is 292 Å². The lowest BCUT2D eigenvalue weighted by Gasteiger charge is -2.60. The van der Waals surface area contributed by atoms with Crippen molar-refractivity contribution in [3.8, 4) is 0 Å². The minimum atomic E-state index is 0.510. The first kappa shape index (κ1) is 55.1. The summed E-state index contributed by atoms with van der Waals surface area (Å²) < 4.78 is 0. The monoisotopic (exact) mass is 898 g/mol. The standard InChI is InChI=1S/C64H115N/c1-8-9-10-11-12-13-14-15-16-17-18-19-20-21-22-23-24-25-27-32-40-57(53-65-50-34-30-35-51-65)41-33-29-26-28-31-39-56-44-47-62(5)58(52-56)42-43-59-60(62)45-49-64(7)61(59)46-48-63(64,6)55(4)38-36-37-54(2)3/h12-13,15-16,42,54-57,59-61H,8-11,14,17-41,43-53H2,1-7H3/b13-12-,16-15-/t55-,56?,57?,59?,60?,61?,62+,63-,64+/m1/s1. The quantitative estimate of drug-likeness (QED) is 0.0459. The Bertz CT molecular complexity index is 1330.